The summed E-state index contributed by atoms with van der Waals surface area (Å²) in [5, 5.41) is 1.03. The van der Waals surface area contributed by atoms with Gasteiger partial charge in [0, 0.05) is 11.2 Å². The molecule has 0 bridgehead atoms. The first-order valence-electron chi connectivity index (χ1n) is 5.71. The van der Waals surface area contributed by atoms with Crippen molar-refractivity contribution in [3.8, 4) is 0 Å². The van der Waals surface area contributed by atoms with Crippen LogP contribution in [-0.4, -0.2) is 16.8 Å². The summed E-state index contributed by atoms with van der Waals surface area (Å²) in [6.07, 6.45) is 4.59. The van der Waals surface area contributed by atoms with Crippen LogP contribution < -0.4 is 4.90 Å². The molecule has 7 heteroatoms. The highest BCUT2D eigenvalue weighted by atomic mass is 35.5. The fourth-order valence-corrected chi connectivity index (χ4v) is 2.28. The standard InChI is InChI=1S/C13H9Cl2N3O2/c14-9-1-2-11(10(15)5-9)18(13-6-19-8-20-13)12-3-4-16-7-17-12/h1-7H,8H2. The van der Waals surface area contributed by atoms with Gasteiger partial charge >= 0.3 is 0 Å². The van der Waals surface area contributed by atoms with Crippen LogP contribution in [0.4, 0.5) is 11.5 Å². The van der Waals surface area contributed by atoms with E-state index >= 15 is 0 Å². The Labute approximate surface area is 125 Å². The average Bonchev–Trinajstić information content (AvgIpc) is 2.97. The highest BCUT2D eigenvalue weighted by Gasteiger charge is 2.23. The maximum absolute atomic E-state index is 6.26. The molecule has 0 spiro atoms. The molecule has 1 aliphatic rings. The molecule has 0 N–H and O–H groups in total. The molecule has 5 nitrogen and oxygen atoms in total. The number of aromatic nitrogens is 2. The summed E-state index contributed by atoms with van der Waals surface area (Å²) in [6, 6.07) is 6.93. The zero-order valence-corrected chi connectivity index (χ0v) is 11.7. The monoisotopic (exact) mass is 309 g/mol. The Balaban J connectivity index is 2.10. The minimum absolute atomic E-state index is 0.155. The van der Waals surface area contributed by atoms with Crippen LogP contribution in [0.25, 0.3) is 0 Å². The fraction of sp³-hybridized carbons (Fsp3) is 0.0769. The van der Waals surface area contributed by atoms with Crippen molar-refractivity contribution >= 4 is 34.7 Å². The Bertz CT molecular complexity index is 649. The smallest absolute Gasteiger partial charge is 0.238 e. The number of hydrogen-bond donors (Lipinski definition) is 0. The average molecular weight is 310 g/mol. The third-order valence-corrected chi connectivity index (χ3v) is 3.16. The number of ether oxygens (including phenoxy) is 2. The van der Waals surface area contributed by atoms with Gasteiger partial charge in [-0.3, -0.25) is 4.90 Å². The van der Waals surface area contributed by atoms with E-state index in [1.165, 1.54) is 12.6 Å². The first-order chi connectivity index (χ1) is 9.75. The van der Waals surface area contributed by atoms with Gasteiger partial charge in [0.15, 0.2) is 0 Å². The van der Waals surface area contributed by atoms with Crippen LogP contribution in [-0.2, 0) is 9.47 Å². The number of benzene rings is 1. The molecule has 0 atom stereocenters. The lowest BCUT2D eigenvalue weighted by Crippen LogP contribution is -2.18. The first-order valence-corrected chi connectivity index (χ1v) is 6.47. The van der Waals surface area contributed by atoms with E-state index in [-0.39, 0.29) is 6.79 Å². The Kier molecular flexibility index (Phi) is 3.62. The molecule has 0 fully saturated rings. The Morgan fingerprint density at radius 3 is 2.75 bits per heavy atom. The van der Waals surface area contributed by atoms with Gasteiger partial charge in [0.2, 0.25) is 12.7 Å². The van der Waals surface area contributed by atoms with Gasteiger partial charge < -0.3 is 9.47 Å². The van der Waals surface area contributed by atoms with Gasteiger partial charge in [-0.1, -0.05) is 23.2 Å². The van der Waals surface area contributed by atoms with Gasteiger partial charge in [-0.2, -0.15) is 0 Å². The van der Waals surface area contributed by atoms with Crippen molar-refractivity contribution in [2.75, 3.05) is 11.7 Å². The molecule has 0 unspecified atom stereocenters. The Morgan fingerprint density at radius 1 is 1.20 bits per heavy atom. The summed E-state index contributed by atoms with van der Waals surface area (Å²) in [6.45, 7) is 0.155. The van der Waals surface area contributed by atoms with Crippen molar-refractivity contribution in [2.45, 2.75) is 0 Å². The van der Waals surface area contributed by atoms with E-state index in [0.29, 0.717) is 27.4 Å². The van der Waals surface area contributed by atoms with E-state index in [9.17, 15) is 0 Å². The molecule has 3 rings (SSSR count). The van der Waals surface area contributed by atoms with E-state index in [1.54, 1.807) is 35.4 Å². The third kappa shape index (κ3) is 2.50. The zero-order chi connectivity index (χ0) is 13.9. The summed E-state index contributed by atoms with van der Waals surface area (Å²) in [7, 11) is 0. The van der Waals surface area contributed by atoms with Gasteiger partial charge in [-0.15, -0.1) is 0 Å². The normalized spacial score (nSPS) is 13.4. The summed E-state index contributed by atoms with van der Waals surface area (Å²) in [5.41, 5.74) is 0.687. The molecule has 0 saturated carbocycles. The molecule has 2 aromatic rings. The summed E-state index contributed by atoms with van der Waals surface area (Å²) < 4.78 is 10.5. The lowest BCUT2D eigenvalue weighted by Gasteiger charge is -2.23. The number of halogens is 2. The number of nitrogens with zero attached hydrogens (tertiary/aromatic N) is 3. The molecule has 1 aliphatic heterocycles. The van der Waals surface area contributed by atoms with E-state index < -0.39 is 0 Å². The predicted octanol–water partition coefficient (Wildman–Crippen LogP) is 3.72. The summed E-state index contributed by atoms with van der Waals surface area (Å²) in [5.74, 6) is 1.11. The van der Waals surface area contributed by atoms with Crippen molar-refractivity contribution in [3.63, 3.8) is 0 Å². The van der Waals surface area contributed by atoms with E-state index in [1.807, 2.05) is 0 Å². The van der Waals surface area contributed by atoms with Crippen LogP contribution in [0.2, 0.25) is 10.0 Å². The Hall–Kier alpha value is -1.98. The second-order valence-electron chi connectivity index (χ2n) is 3.88. The molecule has 2 heterocycles. The van der Waals surface area contributed by atoms with Crippen LogP contribution in [0.1, 0.15) is 0 Å². The molecule has 1 aromatic carbocycles. The SMILES string of the molecule is Clc1ccc(N(C2=COCO2)c2ccncn2)c(Cl)c1. The largest absolute Gasteiger partial charge is 0.459 e. The van der Waals surface area contributed by atoms with Crippen molar-refractivity contribution in [2.24, 2.45) is 0 Å². The van der Waals surface area contributed by atoms with E-state index in [4.69, 9.17) is 32.7 Å². The number of anilines is 2. The quantitative estimate of drug-likeness (QED) is 0.864. The lowest BCUT2D eigenvalue weighted by atomic mass is 10.3. The van der Waals surface area contributed by atoms with E-state index in [2.05, 4.69) is 9.97 Å². The maximum Gasteiger partial charge on any atom is 0.238 e. The maximum atomic E-state index is 6.26. The van der Waals surface area contributed by atoms with Crippen molar-refractivity contribution < 1.29 is 9.47 Å². The van der Waals surface area contributed by atoms with Crippen molar-refractivity contribution in [1.82, 2.24) is 9.97 Å². The highest BCUT2D eigenvalue weighted by Crippen LogP contribution is 2.36. The Morgan fingerprint density at radius 2 is 2.10 bits per heavy atom. The minimum Gasteiger partial charge on any atom is -0.459 e. The minimum atomic E-state index is 0.155. The lowest BCUT2D eigenvalue weighted by molar-refractivity contribution is 0.0797. The molecule has 0 saturated heterocycles. The van der Waals surface area contributed by atoms with Crippen LogP contribution in [0.3, 0.4) is 0 Å². The van der Waals surface area contributed by atoms with E-state index in [0.717, 1.165) is 0 Å². The molecule has 1 aromatic heterocycles. The second kappa shape index (κ2) is 5.56. The second-order valence-corrected chi connectivity index (χ2v) is 4.73. The van der Waals surface area contributed by atoms with Gasteiger partial charge in [-0.25, -0.2) is 9.97 Å². The van der Waals surface area contributed by atoms with Crippen LogP contribution in [0, 0.1) is 0 Å². The zero-order valence-electron chi connectivity index (χ0n) is 10.2. The van der Waals surface area contributed by atoms with Gasteiger partial charge in [-0.05, 0) is 24.3 Å². The molecule has 102 valence electrons. The van der Waals surface area contributed by atoms with Crippen LogP contribution in [0.5, 0.6) is 0 Å². The third-order valence-electron chi connectivity index (χ3n) is 2.63. The molecule has 0 amide bonds. The number of hydrogen-bond acceptors (Lipinski definition) is 5. The van der Waals surface area contributed by atoms with Crippen LogP contribution in [0.15, 0.2) is 48.9 Å². The summed E-state index contributed by atoms with van der Waals surface area (Å²) in [4.78, 5) is 9.84. The fourth-order valence-electron chi connectivity index (χ4n) is 1.78. The molecule has 0 radical (unpaired) electrons. The van der Waals surface area contributed by atoms with Crippen molar-refractivity contribution in [1.29, 1.82) is 0 Å². The number of rotatable bonds is 3. The topological polar surface area (TPSA) is 47.5 Å². The van der Waals surface area contributed by atoms with Crippen LogP contribution >= 0.6 is 23.2 Å². The predicted molar refractivity (Wildman–Crippen MR) is 75.8 cm³/mol. The molecule has 0 aliphatic carbocycles. The van der Waals surface area contributed by atoms with Gasteiger partial charge in [0.1, 0.15) is 18.4 Å². The first kappa shape index (κ1) is 13.0. The molecular weight excluding hydrogens is 301 g/mol. The highest BCUT2D eigenvalue weighted by molar-refractivity contribution is 6.36. The molecule has 20 heavy (non-hydrogen) atoms. The van der Waals surface area contributed by atoms with Gasteiger partial charge in [0.05, 0.1) is 10.7 Å². The molecular formula is C13H9Cl2N3O2. The van der Waals surface area contributed by atoms with Gasteiger partial charge in [0.25, 0.3) is 0 Å². The van der Waals surface area contributed by atoms with Crippen molar-refractivity contribution in [3.05, 3.63) is 59.0 Å². The summed E-state index contributed by atoms with van der Waals surface area (Å²) >= 11 is 12.2.